The molecule has 0 aliphatic carbocycles. The van der Waals surface area contributed by atoms with Crippen molar-refractivity contribution in [1.29, 1.82) is 0 Å². The fourth-order valence-electron chi connectivity index (χ4n) is 2.03. The first-order valence-electron chi connectivity index (χ1n) is 7.10. The van der Waals surface area contributed by atoms with Crippen molar-refractivity contribution in [1.82, 2.24) is 9.78 Å². The summed E-state index contributed by atoms with van der Waals surface area (Å²) in [5, 5.41) is 6.29. The Labute approximate surface area is 141 Å². The Morgan fingerprint density at radius 3 is 2.46 bits per heavy atom. The lowest BCUT2D eigenvalue weighted by atomic mass is 10.3. The lowest BCUT2D eigenvalue weighted by molar-refractivity contribution is 0.0561. The third kappa shape index (κ3) is 3.80. The molecule has 0 aliphatic heterocycles. The Hall–Kier alpha value is -2.67. The highest BCUT2D eigenvalue weighted by atomic mass is 32.2. The standard InChI is InChI=1S/C17H13F2N3OS/c18-17(19)22-11-10-14(21-22)16(23)20-13-8-4-5-9-15(13)24-12-6-2-1-3-7-12/h1-11,17H,(H,20,23). The largest absolute Gasteiger partial charge is 0.333 e. The molecule has 0 bridgehead atoms. The van der Waals surface area contributed by atoms with Gasteiger partial charge < -0.3 is 5.32 Å². The maximum Gasteiger partial charge on any atom is 0.333 e. The maximum absolute atomic E-state index is 12.5. The highest BCUT2D eigenvalue weighted by Gasteiger charge is 2.15. The van der Waals surface area contributed by atoms with Crippen molar-refractivity contribution in [2.24, 2.45) is 0 Å². The number of benzene rings is 2. The fourth-order valence-corrected chi connectivity index (χ4v) is 2.95. The number of para-hydroxylation sites is 1. The van der Waals surface area contributed by atoms with Gasteiger partial charge in [-0.1, -0.05) is 42.1 Å². The number of carbonyl (C=O) groups excluding carboxylic acids is 1. The molecule has 0 radical (unpaired) electrons. The normalized spacial score (nSPS) is 10.8. The number of amides is 1. The first-order chi connectivity index (χ1) is 11.6. The molecule has 2 aromatic carbocycles. The van der Waals surface area contributed by atoms with Gasteiger partial charge in [-0.05, 0) is 30.3 Å². The monoisotopic (exact) mass is 345 g/mol. The lowest BCUT2D eigenvalue weighted by Crippen LogP contribution is -2.14. The molecule has 4 nitrogen and oxygen atoms in total. The molecule has 1 aromatic heterocycles. The zero-order chi connectivity index (χ0) is 16.9. The predicted octanol–water partition coefficient (Wildman–Crippen LogP) is 4.68. The van der Waals surface area contributed by atoms with E-state index in [1.54, 1.807) is 12.1 Å². The molecule has 0 saturated carbocycles. The number of hydrogen-bond acceptors (Lipinski definition) is 3. The van der Waals surface area contributed by atoms with Crippen molar-refractivity contribution in [2.45, 2.75) is 16.3 Å². The summed E-state index contributed by atoms with van der Waals surface area (Å²) in [5.74, 6) is -0.532. The summed E-state index contributed by atoms with van der Waals surface area (Å²) in [6, 6.07) is 18.3. The summed E-state index contributed by atoms with van der Waals surface area (Å²) < 4.78 is 25.5. The van der Waals surface area contributed by atoms with Crippen LogP contribution in [0.15, 0.2) is 76.7 Å². The highest BCUT2D eigenvalue weighted by Crippen LogP contribution is 2.33. The smallest absolute Gasteiger partial charge is 0.320 e. The van der Waals surface area contributed by atoms with Gasteiger partial charge in [-0.15, -0.1) is 0 Å². The molecule has 0 atom stereocenters. The van der Waals surface area contributed by atoms with Crippen molar-refractivity contribution < 1.29 is 13.6 Å². The molecule has 1 N–H and O–H groups in total. The Morgan fingerprint density at radius 1 is 1.04 bits per heavy atom. The minimum atomic E-state index is -2.77. The topological polar surface area (TPSA) is 46.9 Å². The number of hydrogen-bond donors (Lipinski definition) is 1. The van der Waals surface area contributed by atoms with Crippen LogP contribution in [0.25, 0.3) is 0 Å². The van der Waals surface area contributed by atoms with Crippen LogP contribution in [0.4, 0.5) is 14.5 Å². The number of alkyl halides is 2. The van der Waals surface area contributed by atoms with E-state index >= 15 is 0 Å². The maximum atomic E-state index is 12.5. The van der Waals surface area contributed by atoms with Crippen LogP contribution in [0, 0.1) is 0 Å². The van der Waals surface area contributed by atoms with E-state index in [4.69, 9.17) is 0 Å². The molecule has 3 aromatic rings. The summed E-state index contributed by atoms with van der Waals surface area (Å²) in [7, 11) is 0. The Balaban J connectivity index is 1.78. The van der Waals surface area contributed by atoms with Crippen LogP contribution in [0.1, 0.15) is 17.0 Å². The van der Waals surface area contributed by atoms with E-state index in [1.165, 1.54) is 17.8 Å². The molecule has 24 heavy (non-hydrogen) atoms. The van der Waals surface area contributed by atoms with E-state index in [2.05, 4.69) is 10.4 Å². The summed E-state index contributed by atoms with van der Waals surface area (Å²) in [6.45, 7) is -2.77. The van der Waals surface area contributed by atoms with Crippen molar-refractivity contribution in [2.75, 3.05) is 5.32 Å². The van der Waals surface area contributed by atoms with Gasteiger partial charge in [0.1, 0.15) is 0 Å². The zero-order valence-electron chi connectivity index (χ0n) is 12.4. The molecule has 0 saturated heterocycles. The Morgan fingerprint density at radius 2 is 1.75 bits per heavy atom. The van der Waals surface area contributed by atoms with E-state index in [0.29, 0.717) is 10.4 Å². The molecule has 7 heteroatoms. The molecule has 0 unspecified atom stereocenters. The Kier molecular flexibility index (Phi) is 4.90. The van der Waals surface area contributed by atoms with E-state index in [0.717, 1.165) is 16.0 Å². The minimum absolute atomic E-state index is 0.0604. The van der Waals surface area contributed by atoms with E-state index in [9.17, 15) is 13.6 Å². The summed E-state index contributed by atoms with van der Waals surface area (Å²) in [6.07, 6.45) is 1.07. The summed E-state index contributed by atoms with van der Waals surface area (Å²) in [4.78, 5) is 14.1. The average Bonchev–Trinajstić information content (AvgIpc) is 3.08. The zero-order valence-corrected chi connectivity index (χ0v) is 13.2. The van der Waals surface area contributed by atoms with Gasteiger partial charge in [0, 0.05) is 16.0 Å². The van der Waals surface area contributed by atoms with E-state index in [-0.39, 0.29) is 5.69 Å². The van der Waals surface area contributed by atoms with Crippen molar-refractivity contribution in [3.63, 3.8) is 0 Å². The van der Waals surface area contributed by atoms with Crippen molar-refractivity contribution in [3.8, 4) is 0 Å². The fraction of sp³-hybridized carbons (Fsp3) is 0.0588. The first-order valence-corrected chi connectivity index (χ1v) is 7.92. The van der Waals surface area contributed by atoms with Crippen molar-refractivity contribution in [3.05, 3.63) is 72.6 Å². The van der Waals surface area contributed by atoms with E-state index < -0.39 is 12.5 Å². The van der Waals surface area contributed by atoms with Gasteiger partial charge in [0.05, 0.1) is 5.69 Å². The number of anilines is 1. The predicted molar refractivity (Wildman–Crippen MR) is 88.4 cm³/mol. The number of halogens is 2. The van der Waals surface area contributed by atoms with Crippen LogP contribution >= 0.6 is 11.8 Å². The number of nitrogens with zero attached hydrogens (tertiary/aromatic N) is 2. The highest BCUT2D eigenvalue weighted by molar-refractivity contribution is 7.99. The van der Waals surface area contributed by atoms with Gasteiger partial charge in [0.25, 0.3) is 5.91 Å². The molecular weight excluding hydrogens is 332 g/mol. The molecule has 122 valence electrons. The number of nitrogens with one attached hydrogen (secondary N) is 1. The third-order valence-electron chi connectivity index (χ3n) is 3.15. The number of carbonyl (C=O) groups is 1. The number of rotatable bonds is 5. The summed E-state index contributed by atoms with van der Waals surface area (Å²) in [5.41, 5.74) is 0.540. The molecular formula is C17H13F2N3OS. The van der Waals surface area contributed by atoms with Crippen LogP contribution in [0.2, 0.25) is 0 Å². The van der Waals surface area contributed by atoms with Gasteiger partial charge >= 0.3 is 6.55 Å². The van der Waals surface area contributed by atoms with Gasteiger partial charge in [-0.25, -0.2) is 4.68 Å². The quantitative estimate of drug-likeness (QED) is 0.730. The number of aromatic nitrogens is 2. The Bertz CT molecular complexity index is 837. The summed E-state index contributed by atoms with van der Waals surface area (Å²) >= 11 is 1.50. The van der Waals surface area contributed by atoms with Gasteiger partial charge in [-0.3, -0.25) is 4.79 Å². The molecule has 0 spiro atoms. The lowest BCUT2D eigenvalue weighted by Gasteiger charge is -2.10. The van der Waals surface area contributed by atoms with Gasteiger partial charge in [0.2, 0.25) is 0 Å². The van der Waals surface area contributed by atoms with Crippen LogP contribution in [-0.2, 0) is 0 Å². The van der Waals surface area contributed by atoms with E-state index in [1.807, 2.05) is 42.5 Å². The average molecular weight is 345 g/mol. The van der Waals surface area contributed by atoms with Crippen LogP contribution < -0.4 is 5.32 Å². The third-order valence-corrected chi connectivity index (χ3v) is 4.23. The van der Waals surface area contributed by atoms with Gasteiger partial charge in [0.15, 0.2) is 5.69 Å². The van der Waals surface area contributed by atoms with Crippen molar-refractivity contribution >= 4 is 23.4 Å². The second kappa shape index (κ2) is 7.27. The van der Waals surface area contributed by atoms with Crippen LogP contribution in [0.5, 0.6) is 0 Å². The van der Waals surface area contributed by atoms with Gasteiger partial charge in [-0.2, -0.15) is 13.9 Å². The molecule has 1 heterocycles. The second-order valence-corrected chi connectivity index (χ2v) is 5.94. The SMILES string of the molecule is O=C(Nc1ccccc1Sc1ccccc1)c1ccn(C(F)F)n1. The van der Waals surface area contributed by atoms with Crippen LogP contribution in [0.3, 0.4) is 0 Å². The second-order valence-electron chi connectivity index (χ2n) is 4.82. The first kappa shape index (κ1) is 16.2. The minimum Gasteiger partial charge on any atom is -0.320 e. The molecule has 0 fully saturated rings. The van der Waals surface area contributed by atoms with Crippen LogP contribution in [-0.4, -0.2) is 15.7 Å². The molecule has 3 rings (SSSR count). The molecule has 0 aliphatic rings. The molecule has 1 amide bonds.